The second-order valence-corrected chi connectivity index (χ2v) is 6.19. The predicted octanol–water partition coefficient (Wildman–Crippen LogP) is 2.78. The Morgan fingerprint density at radius 2 is 2.00 bits per heavy atom. The van der Waals surface area contributed by atoms with Gasteiger partial charge in [-0.25, -0.2) is 14.2 Å². The zero-order valence-corrected chi connectivity index (χ0v) is 16.5. The molecule has 28 heavy (non-hydrogen) atoms. The summed E-state index contributed by atoms with van der Waals surface area (Å²) in [5.41, 5.74) is 5.56. The summed E-state index contributed by atoms with van der Waals surface area (Å²) in [6.07, 6.45) is 0.0800. The van der Waals surface area contributed by atoms with Gasteiger partial charge in [-0.15, -0.1) is 0 Å². The van der Waals surface area contributed by atoms with Crippen molar-refractivity contribution in [2.24, 2.45) is 0 Å². The molecule has 2 rings (SSSR count). The van der Waals surface area contributed by atoms with Crippen LogP contribution in [-0.2, 0) is 0 Å². The summed E-state index contributed by atoms with van der Waals surface area (Å²) in [7, 11) is 1.56. The molecule has 8 nitrogen and oxygen atoms in total. The Bertz CT molecular complexity index is 928. The van der Waals surface area contributed by atoms with Gasteiger partial charge in [-0.2, -0.15) is 0 Å². The van der Waals surface area contributed by atoms with Crippen molar-refractivity contribution in [1.82, 2.24) is 21.2 Å². The first-order chi connectivity index (χ1) is 13.3. The highest BCUT2D eigenvalue weighted by molar-refractivity contribution is 7.80. The molecule has 0 fully saturated rings. The monoisotopic (exact) mass is 425 g/mol. The van der Waals surface area contributed by atoms with Gasteiger partial charge in [0.1, 0.15) is 11.0 Å². The number of rotatable bonds is 4. The lowest BCUT2D eigenvalue weighted by Crippen LogP contribution is -2.45. The molecule has 148 valence electrons. The molecule has 1 aromatic carbocycles. The van der Waals surface area contributed by atoms with Crippen LogP contribution in [0, 0.1) is 5.82 Å². The maximum absolute atomic E-state index is 13.8. The molecular weight excluding hydrogens is 409 g/mol. The number of hydrazine groups is 1. The first kappa shape index (κ1) is 21.3. The summed E-state index contributed by atoms with van der Waals surface area (Å²) in [5, 5.41) is 12.3. The molecule has 4 N–H and O–H groups in total. The number of thiocarbonyl (C=S) groups is 1. The van der Waals surface area contributed by atoms with Crippen molar-refractivity contribution in [1.29, 1.82) is 0 Å². The Morgan fingerprint density at radius 1 is 1.29 bits per heavy atom. The van der Waals surface area contributed by atoms with E-state index in [2.05, 4.69) is 21.2 Å². The molecule has 2 aromatic rings. The van der Waals surface area contributed by atoms with Crippen LogP contribution in [0.3, 0.4) is 0 Å². The van der Waals surface area contributed by atoms with E-state index in [9.17, 15) is 19.1 Å². The molecule has 0 aliphatic rings. The van der Waals surface area contributed by atoms with Crippen molar-refractivity contribution >= 4 is 46.6 Å². The number of nitrogens with zero attached hydrogens (tertiary/aromatic N) is 2. The Hall–Kier alpha value is -2.98. The Morgan fingerprint density at radius 3 is 2.61 bits per heavy atom. The topological polar surface area (TPSA) is 107 Å². The number of halogens is 2. The number of nitrogens with one attached hydrogen (secondary N) is 3. The van der Waals surface area contributed by atoms with Crippen LogP contribution < -0.4 is 21.1 Å². The van der Waals surface area contributed by atoms with Gasteiger partial charge in [0.15, 0.2) is 5.11 Å². The smallest absolute Gasteiger partial charge is 0.411 e. The van der Waals surface area contributed by atoms with Gasteiger partial charge in [0.25, 0.3) is 5.91 Å². The van der Waals surface area contributed by atoms with Gasteiger partial charge in [0.2, 0.25) is 0 Å². The van der Waals surface area contributed by atoms with Gasteiger partial charge in [-0.05, 0) is 42.9 Å². The first-order valence-corrected chi connectivity index (χ1v) is 8.81. The number of pyridine rings is 1. The SMILES string of the molecule is CCN(C(=O)O)c1cnc(Cl)cc1-c1ccc(F)cc1C(=O)NNC(=S)NC. The van der Waals surface area contributed by atoms with Crippen LogP contribution in [0.5, 0.6) is 0 Å². The maximum atomic E-state index is 13.8. The normalized spacial score (nSPS) is 10.1. The summed E-state index contributed by atoms with van der Waals surface area (Å²) in [4.78, 5) is 29.1. The summed E-state index contributed by atoms with van der Waals surface area (Å²) in [5.74, 6) is -1.32. The largest absolute Gasteiger partial charge is 0.465 e. The Labute approximate surface area is 170 Å². The highest BCUT2D eigenvalue weighted by Gasteiger charge is 2.22. The van der Waals surface area contributed by atoms with Crippen LogP contribution in [0.2, 0.25) is 5.15 Å². The quantitative estimate of drug-likeness (QED) is 0.339. The number of hydrogen-bond acceptors (Lipinski definition) is 4. The fraction of sp³-hybridized carbons (Fsp3) is 0.176. The highest BCUT2D eigenvalue weighted by Crippen LogP contribution is 2.34. The van der Waals surface area contributed by atoms with Crippen molar-refractivity contribution in [3.8, 4) is 11.1 Å². The van der Waals surface area contributed by atoms with Crippen LogP contribution in [0.25, 0.3) is 11.1 Å². The molecule has 0 bridgehead atoms. The van der Waals surface area contributed by atoms with E-state index in [1.54, 1.807) is 14.0 Å². The van der Waals surface area contributed by atoms with Gasteiger partial charge >= 0.3 is 6.09 Å². The first-order valence-electron chi connectivity index (χ1n) is 8.02. The number of amides is 2. The molecule has 0 saturated heterocycles. The molecule has 0 atom stereocenters. The number of carbonyl (C=O) groups excluding carboxylic acids is 1. The third-order valence-electron chi connectivity index (χ3n) is 3.72. The van der Waals surface area contributed by atoms with Crippen molar-refractivity contribution in [2.45, 2.75) is 6.92 Å². The standard InChI is InChI=1S/C17H17ClFN5O3S/c1-3-24(17(26)27)13-8-21-14(18)7-11(13)10-5-4-9(19)6-12(10)15(25)22-23-16(28)20-2/h4-8H,3H2,1-2H3,(H,22,25)(H,26,27)(H2,20,23,28). The summed E-state index contributed by atoms with van der Waals surface area (Å²) in [6.45, 7) is 1.78. The summed E-state index contributed by atoms with van der Waals surface area (Å²) in [6, 6.07) is 4.97. The fourth-order valence-electron chi connectivity index (χ4n) is 2.44. The lowest BCUT2D eigenvalue weighted by molar-refractivity contribution is 0.0944. The maximum Gasteiger partial charge on any atom is 0.411 e. The van der Waals surface area contributed by atoms with Crippen LogP contribution in [0.1, 0.15) is 17.3 Å². The van der Waals surface area contributed by atoms with Gasteiger partial charge in [0.05, 0.1) is 17.4 Å². The van der Waals surface area contributed by atoms with Gasteiger partial charge in [0, 0.05) is 19.2 Å². The Balaban J connectivity index is 2.59. The van der Waals surface area contributed by atoms with Crippen LogP contribution in [0.15, 0.2) is 30.5 Å². The number of benzene rings is 1. The van der Waals surface area contributed by atoms with E-state index in [4.69, 9.17) is 23.8 Å². The average molecular weight is 426 g/mol. The number of hydrogen-bond donors (Lipinski definition) is 4. The lowest BCUT2D eigenvalue weighted by atomic mass is 9.98. The van der Waals surface area contributed by atoms with E-state index in [-0.39, 0.29) is 33.6 Å². The number of carboxylic acid groups (broad SMARTS) is 1. The van der Waals surface area contributed by atoms with E-state index in [0.717, 1.165) is 17.0 Å². The molecule has 0 aliphatic carbocycles. The van der Waals surface area contributed by atoms with Gasteiger partial charge in [-0.3, -0.25) is 20.5 Å². The van der Waals surface area contributed by atoms with Crippen LogP contribution in [-0.4, -0.2) is 40.8 Å². The average Bonchev–Trinajstić information content (AvgIpc) is 2.67. The zero-order chi connectivity index (χ0) is 20.8. The third-order valence-corrected chi connectivity index (χ3v) is 4.23. The second kappa shape index (κ2) is 9.29. The van der Waals surface area contributed by atoms with Crippen molar-refractivity contribution in [3.63, 3.8) is 0 Å². The molecule has 1 heterocycles. The highest BCUT2D eigenvalue weighted by atomic mass is 35.5. The molecule has 0 aliphatic heterocycles. The van der Waals surface area contributed by atoms with Gasteiger partial charge < -0.3 is 10.4 Å². The third kappa shape index (κ3) is 4.84. The number of carbonyl (C=O) groups is 2. The van der Waals surface area contributed by atoms with E-state index in [0.29, 0.717) is 5.56 Å². The van der Waals surface area contributed by atoms with E-state index in [1.807, 2.05) is 0 Å². The van der Waals surface area contributed by atoms with Crippen molar-refractivity contribution < 1.29 is 19.1 Å². The minimum atomic E-state index is -1.21. The molecular formula is C17H17ClFN5O3S. The van der Waals surface area contributed by atoms with E-state index in [1.165, 1.54) is 18.3 Å². The summed E-state index contributed by atoms with van der Waals surface area (Å²) < 4.78 is 13.8. The van der Waals surface area contributed by atoms with E-state index >= 15 is 0 Å². The minimum absolute atomic E-state index is 0.0450. The predicted molar refractivity (Wildman–Crippen MR) is 108 cm³/mol. The lowest BCUT2D eigenvalue weighted by Gasteiger charge is -2.21. The van der Waals surface area contributed by atoms with Gasteiger partial charge in [-0.1, -0.05) is 17.7 Å². The molecule has 0 saturated carbocycles. The fourth-order valence-corrected chi connectivity index (χ4v) is 2.65. The Kier molecular flexibility index (Phi) is 7.07. The molecule has 0 spiro atoms. The molecule has 0 radical (unpaired) electrons. The molecule has 11 heteroatoms. The second-order valence-electron chi connectivity index (χ2n) is 5.40. The number of anilines is 1. The molecule has 0 unspecified atom stereocenters. The minimum Gasteiger partial charge on any atom is -0.465 e. The molecule has 1 aromatic heterocycles. The number of aromatic nitrogens is 1. The zero-order valence-electron chi connectivity index (χ0n) is 14.9. The van der Waals surface area contributed by atoms with Crippen LogP contribution >= 0.6 is 23.8 Å². The molecule has 2 amide bonds. The van der Waals surface area contributed by atoms with E-state index < -0.39 is 17.8 Å². The van der Waals surface area contributed by atoms with Crippen LogP contribution in [0.4, 0.5) is 14.9 Å². The van der Waals surface area contributed by atoms with Crippen molar-refractivity contribution in [3.05, 3.63) is 47.0 Å². The van der Waals surface area contributed by atoms with Crippen molar-refractivity contribution in [2.75, 3.05) is 18.5 Å². The summed E-state index contributed by atoms with van der Waals surface area (Å²) >= 11 is 10.9.